The molecule has 4 aromatic carbocycles. The lowest BCUT2D eigenvalue weighted by Crippen LogP contribution is -2.31. The molecule has 4 rings (SSSR count). The third kappa shape index (κ3) is 3.38. The summed E-state index contributed by atoms with van der Waals surface area (Å²) in [6.07, 6.45) is 0. The van der Waals surface area contributed by atoms with E-state index in [4.69, 9.17) is 5.73 Å². The fourth-order valence-electron chi connectivity index (χ4n) is 3.29. The number of guanidine groups is 1. The third-order valence-corrected chi connectivity index (χ3v) is 4.64. The van der Waals surface area contributed by atoms with Crippen LogP contribution in [0.5, 0.6) is 0 Å². The minimum Gasteiger partial charge on any atom is -0.370 e. The molecule has 0 saturated carbocycles. The minimum atomic E-state index is 0.464. The Morgan fingerprint density at radius 3 is 1.92 bits per heavy atom. The van der Waals surface area contributed by atoms with E-state index in [1.54, 1.807) is 0 Å². The standard InChI is InChI=1S/C23H21N3/c24-23(25-15-19-11-5-9-17-7-1-3-13-21(17)19)26-16-20-12-6-10-18-8-2-4-14-22(18)20/h1-14H,15-16H2,(H3,24,25,26). The van der Waals surface area contributed by atoms with Crippen LogP contribution in [0.25, 0.3) is 21.5 Å². The van der Waals surface area contributed by atoms with Crippen LogP contribution in [0.2, 0.25) is 0 Å². The fourth-order valence-corrected chi connectivity index (χ4v) is 3.29. The van der Waals surface area contributed by atoms with Crippen molar-refractivity contribution in [2.75, 3.05) is 0 Å². The van der Waals surface area contributed by atoms with Gasteiger partial charge in [0.05, 0.1) is 6.54 Å². The van der Waals surface area contributed by atoms with E-state index in [2.05, 4.69) is 95.2 Å². The van der Waals surface area contributed by atoms with Crippen LogP contribution in [-0.2, 0) is 13.1 Å². The average molecular weight is 339 g/mol. The molecular formula is C23H21N3. The van der Waals surface area contributed by atoms with Gasteiger partial charge in [0, 0.05) is 6.54 Å². The van der Waals surface area contributed by atoms with Gasteiger partial charge in [0.15, 0.2) is 5.96 Å². The second kappa shape index (κ2) is 7.28. The Labute approximate surface area is 153 Å². The molecule has 0 bridgehead atoms. The first-order chi connectivity index (χ1) is 12.8. The number of aliphatic imine (C=N–C) groups is 1. The highest BCUT2D eigenvalue weighted by atomic mass is 15.1. The molecule has 3 N–H and O–H groups in total. The van der Waals surface area contributed by atoms with Crippen molar-refractivity contribution in [3.05, 3.63) is 96.1 Å². The van der Waals surface area contributed by atoms with Crippen molar-refractivity contribution in [2.24, 2.45) is 10.7 Å². The lowest BCUT2D eigenvalue weighted by molar-refractivity contribution is 0.892. The van der Waals surface area contributed by atoms with E-state index in [1.165, 1.54) is 32.7 Å². The predicted octanol–water partition coefficient (Wildman–Crippen LogP) is 4.60. The van der Waals surface area contributed by atoms with Crippen LogP contribution < -0.4 is 11.1 Å². The number of benzene rings is 4. The van der Waals surface area contributed by atoms with Crippen molar-refractivity contribution in [2.45, 2.75) is 13.1 Å². The third-order valence-electron chi connectivity index (χ3n) is 4.64. The first kappa shape index (κ1) is 16.2. The highest BCUT2D eigenvalue weighted by Crippen LogP contribution is 2.19. The van der Waals surface area contributed by atoms with Crippen LogP contribution in [0.1, 0.15) is 11.1 Å². The van der Waals surface area contributed by atoms with Gasteiger partial charge in [0.2, 0.25) is 0 Å². The Bertz CT molecular complexity index is 1070. The van der Waals surface area contributed by atoms with Gasteiger partial charge in [0.1, 0.15) is 0 Å². The molecule has 0 atom stereocenters. The summed E-state index contributed by atoms with van der Waals surface area (Å²) in [7, 11) is 0. The van der Waals surface area contributed by atoms with Gasteiger partial charge in [-0.3, -0.25) is 0 Å². The maximum absolute atomic E-state index is 6.10. The number of nitrogens with two attached hydrogens (primary N) is 1. The number of nitrogens with zero attached hydrogens (tertiary/aromatic N) is 1. The Morgan fingerprint density at radius 2 is 1.23 bits per heavy atom. The van der Waals surface area contributed by atoms with Gasteiger partial charge in [-0.05, 0) is 32.7 Å². The molecule has 0 aliphatic rings. The Hall–Kier alpha value is -3.33. The zero-order valence-electron chi connectivity index (χ0n) is 14.5. The molecule has 128 valence electrons. The van der Waals surface area contributed by atoms with E-state index < -0.39 is 0 Å². The van der Waals surface area contributed by atoms with Gasteiger partial charge < -0.3 is 11.1 Å². The van der Waals surface area contributed by atoms with Crippen LogP contribution in [0.4, 0.5) is 0 Å². The van der Waals surface area contributed by atoms with Crippen molar-refractivity contribution >= 4 is 27.5 Å². The number of rotatable bonds is 4. The summed E-state index contributed by atoms with van der Waals surface area (Å²) in [6.45, 7) is 1.22. The van der Waals surface area contributed by atoms with E-state index in [0.717, 1.165) is 0 Å². The van der Waals surface area contributed by atoms with E-state index in [9.17, 15) is 0 Å². The van der Waals surface area contributed by atoms with E-state index in [1.807, 2.05) is 0 Å². The zero-order chi connectivity index (χ0) is 17.8. The second-order valence-electron chi connectivity index (χ2n) is 6.33. The van der Waals surface area contributed by atoms with E-state index in [-0.39, 0.29) is 0 Å². The molecule has 0 aliphatic carbocycles. The SMILES string of the molecule is NC(=NCc1cccc2ccccc12)NCc1cccc2ccccc12. The molecular weight excluding hydrogens is 318 g/mol. The Balaban J connectivity index is 1.48. The van der Waals surface area contributed by atoms with Gasteiger partial charge >= 0.3 is 0 Å². The molecule has 3 heteroatoms. The molecule has 0 heterocycles. The molecule has 26 heavy (non-hydrogen) atoms. The summed E-state index contributed by atoms with van der Waals surface area (Å²) in [5.74, 6) is 0.464. The molecule has 0 aromatic heterocycles. The molecule has 0 unspecified atom stereocenters. The fraction of sp³-hybridized carbons (Fsp3) is 0.0870. The molecule has 0 fully saturated rings. The highest BCUT2D eigenvalue weighted by Gasteiger charge is 2.02. The van der Waals surface area contributed by atoms with Crippen LogP contribution in [0, 0.1) is 0 Å². The van der Waals surface area contributed by atoms with Gasteiger partial charge in [0.25, 0.3) is 0 Å². The molecule has 3 nitrogen and oxygen atoms in total. The van der Waals surface area contributed by atoms with Crippen LogP contribution >= 0.6 is 0 Å². The maximum atomic E-state index is 6.10. The number of hydrogen-bond donors (Lipinski definition) is 2. The molecule has 0 saturated heterocycles. The van der Waals surface area contributed by atoms with Crippen molar-refractivity contribution in [1.29, 1.82) is 0 Å². The smallest absolute Gasteiger partial charge is 0.189 e. The summed E-state index contributed by atoms with van der Waals surface area (Å²) in [5, 5.41) is 8.16. The summed E-state index contributed by atoms with van der Waals surface area (Å²) in [4.78, 5) is 4.52. The van der Waals surface area contributed by atoms with E-state index in [0.29, 0.717) is 19.0 Å². The quantitative estimate of drug-likeness (QED) is 0.422. The van der Waals surface area contributed by atoms with Gasteiger partial charge in [-0.2, -0.15) is 0 Å². The normalized spacial score (nSPS) is 11.8. The molecule has 0 amide bonds. The molecule has 4 aromatic rings. The van der Waals surface area contributed by atoms with Gasteiger partial charge in [-0.25, -0.2) is 4.99 Å². The Kier molecular flexibility index (Phi) is 4.52. The zero-order valence-corrected chi connectivity index (χ0v) is 14.5. The lowest BCUT2D eigenvalue weighted by atomic mass is 10.0. The molecule has 0 radical (unpaired) electrons. The van der Waals surface area contributed by atoms with Crippen molar-refractivity contribution in [3.8, 4) is 0 Å². The Morgan fingerprint density at radius 1 is 0.692 bits per heavy atom. The summed E-state index contributed by atoms with van der Waals surface area (Å²) in [5.41, 5.74) is 8.49. The second-order valence-corrected chi connectivity index (χ2v) is 6.33. The van der Waals surface area contributed by atoms with Crippen molar-refractivity contribution in [3.63, 3.8) is 0 Å². The lowest BCUT2D eigenvalue weighted by Gasteiger charge is -2.09. The summed E-state index contributed by atoms with van der Waals surface area (Å²) >= 11 is 0. The van der Waals surface area contributed by atoms with Crippen LogP contribution in [0.15, 0.2) is 89.9 Å². The minimum absolute atomic E-state index is 0.464. The van der Waals surface area contributed by atoms with Crippen molar-refractivity contribution < 1.29 is 0 Å². The average Bonchev–Trinajstić information content (AvgIpc) is 2.70. The number of nitrogens with one attached hydrogen (secondary N) is 1. The van der Waals surface area contributed by atoms with E-state index >= 15 is 0 Å². The largest absolute Gasteiger partial charge is 0.370 e. The first-order valence-electron chi connectivity index (χ1n) is 8.78. The molecule has 0 aliphatic heterocycles. The van der Waals surface area contributed by atoms with Crippen LogP contribution in [0.3, 0.4) is 0 Å². The highest BCUT2D eigenvalue weighted by molar-refractivity contribution is 5.87. The number of hydrogen-bond acceptors (Lipinski definition) is 1. The van der Waals surface area contributed by atoms with Crippen molar-refractivity contribution in [1.82, 2.24) is 5.32 Å². The monoisotopic (exact) mass is 339 g/mol. The topological polar surface area (TPSA) is 50.4 Å². The first-order valence-corrected chi connectivity index (χ1v) is 8.78. The van der Waals surface area contributed by atoms with Gasteiger partial charge in [-0.1, -0.05) is 84.9 Å². The number of fused-ring (bicyclic) bond motifs is 2. The maximum Gasteiger partial charge on any atom is 0.189 e. The van der Waals surface area contributed by atoms with Crippen LogP contribution in [-0.4, -0.2) is 5.96 Å². The van der Waals surface area contributed by atoms with Gasteiger partial charge in [-0.15, -0.1) is 0 Å². The summed E-state index contributed by atoms with van der Waals surface area (Å²) in [6, 6.07) is 29.3. The molecule has 0 spiro atoms. The predicted molar refractivity (Wildman–Crippen MR) is 110 cm³/mol. The summed E-state index contributed by atoms with van der Waals surface area (Å²) < 4.78 is 0.